The van der Waals surface area contributed by atoms with Gasteiger partial charge in [-0.2, -0.15) is 0 Å². The molecule has 0 bridgehead atoms. The van der Waals surface area contributed by atoms with Crippen LogP contribution in [0.5, 0.6) is 0 Å². The molecule has 3 heterocycles. The molecule has 9 nitrogen and oxygen atoms in total. The summed E-state index contributed by atoms with van der Waals surface area (Å²) >= 11 is 0. The molecule has 0 aliphatic carbocycles. The van der Waals surface area contributed by atoms with Crippen LogP contribution in [-0.4, -0.2) is 53.6 Å². The molecule has 0 unspecified atom stereocenters. The van der Waals surface area contributed by atoms with E-state index in [0.29, 0.717) is 30.5 Å². The van der Waals surface area contributed by atoms with Crippen molar-refractivity contribution in [3.63, 3.8) is 0 Å². The molecule has 0 spiro atoms. The molecule has 0 fully saturated rings. The number of hydrogen-bond donors (Lipinski definition) is 2. The first-order valence-corrected chi connectivity index (χ1v) is 7.67. The lowest BCUT2D eigenvalue weighted by Crippen LogP contribution is -2.41. The molecule has 9 heteroatoms. The van der Waals surface area contributed by atoms with Crippen LogP contribution in [-0.2, 0) is 9.53 Å². The number of nitrogens with two attached hydrogens (primary N) is 1. The normalized spacial score (nSPS) is 13.4. The summed E-state index contributed by atoms with van der Waals surface area (Å²) in [6.07, 6.45) is 3.11. The Balaban J connectivity index is 2.00. The molecule has 0 saturated carbocycles. The van der Waals surface area contributed by atoms with Gasteiger partial charge in [-0.15, -0.1) is 0 Å². The van der Waals surface area contributed by atoms with Gasteiger partial charge in [0.2, 0.25) is 5.91 Å². The molecule has 0 atom stereocenters. The molecule has 1 aliphatic rings. The van der Waals surface area contributed by atoms with Gasteiger partial charge in [0.1, 0.15) is 5.69 Å². The van der Waals surface area contributed by atoms with Crippen LogP contribution in [0.2, 0.25) is 0 Å². The van der Waals surface area contributed by atoms with Crippen LogP contribution in [0, 0.1) is 6.92 Å². The maximum Gasteiger partial charge on any atom is 0.267 e. The number of primary amides is 1. The fourth-order valence-electron chi connectivity index (χ4n) is 2.58. The third kappa shape index (κ3) is 3.41. The molecular weight excluding hydrogens is 324 g/mol. The molecule has 1 aliphatic heterocycles. The van der Waals surface area contributed by atoms with Crippen molar-refractivity contribution in [3.05, 3.63) is 29.7 Å². The van der Waals surface area contributed by atoms with Gasteiger partial charge >= 0.3 is 0 Å². The lowest BCUT2D eigenvalue weighted by Gasteiger charge is -2.29. The monoisotopic (exact) mass is 342 g/mol. The van der Waals surface area contributed by atoms with Crippen LogP contribution >= 0.6 is 0 Å². The van der Waals surface area contributed by atoms with E-state index in [9.17, 15) is 9.59 Å². The summed E-state index contributed by atoms with van der Waals surface area (Å²) in [5.74, 6) is 0.261. The minimum atomic E-state index is -0.584. The van der Waals surface area contributed by atoms with E-state index in [-0.39, 0.29) is 18.1 Å². The zero-order valence-electron chi connectivity index (χ0n) is 13.9. The van der Waals surface area contributed by atoms with Crippen LogP contribution in [0.25, 0.3) is 11.3 Å². The third-order valence-corrected chi connectivity index (χ3v) is 3.85. The molecule has 130 valence electrons. The minimum absolute atomic E-state index is 0.144. The number of nitrogens with zero attached hydrogens (tertiary/aromatic N) is 4. The van der Waals surface area contributed by atoms with E-state index in [4.69, 9.17) is 10.5 Å². The van der Waals surface area contributed by atoms with E-state index in [0.717, 1.165) is 11.1 Å². The van der Waals surface area contributed by atoms with E-state index < -0.39 is 5.91 Å². The average molecular weight is 342 g/mol. The number of hydrogen-bond acceptors (Lipinski definition) is 7. The Kier molecular flexibility index (Phi) is 4.57. The van der Waals surface area contributed by atoms with Crippen LogP contribution in [0.3, 0.4) is 0 Å². The zero-order valence-corrected chi connectivity index (χ0v) is 13.9. The van der Waals surface area contributed by atoms with Gasteiger partial charge in [0.15, 0.2) is 11.6 Å². The number of fused-ring (bicyclic) bond motifs is 1. The Hall–Kier alpha value is -3.07. The Morgan fingerprint density at radius 2 is 2.20 bits per heavy atom. The average Bonchev–Trinajstić information content (AvgIpc) is 2.59. The standard InChI is InChI=1S/C16H18N6O3/c1-9-5-11(14(17)24)18-6-10(9)12-7-19-15-16(20-12)22(3-4-25-2)8-13(23)21-15/h5-7H,3-4,8H2,1-2H3,(H2,17,24)(H,19,21,23). The van der Waals surface area contributed by atoms with Crippen LogP contribution in [0.1, 0.15) is 16.1 Å². The van der Waals surface area contributed by atoms with Crippen LogP contribution in [0.4, 0.5) is 11.6 Å². The summed E-state index contributed by atoms with van der Waals surface area (Å²) in [5.41, 5.74) is 7.59. The number of aryl methyl sites for hydroxylation is 1. The number of rotatable bonds is 5. The third-order valence-electron chi connectivity index (χ3n) is 3.85. The molecule has 2 amide bonds. The first-order chi connectivity index (χ1) is 12.0. The largest absolute Gasteiger partial charge is 0.383 e. The van der Waals surface area contributed by atoms with E-state index in [1.165, 1.54) is 0 Å². The minimum Gasteiger partial charge on any atom is -0.383 e. The van der Waals surface area contributed by atoms with Gasteiger partial charge in [-0.25, -0.2) is 9.97 Å². The highest BCUT2D eigenvalue weighted by molar-refractivity contribution is 5.99. The summed E-state index contributed by atoms with van der Waals surface area (Å²) in [6.45, 7) is 3.01. The Morgan fingerprint density at radius 1 is 1.40 bits per heavy atom. The van der Waals surface area contributed by atoms with Gasteiger partial charge in [-0.1, -0.05) is 0 Å². The number of anilines is 2. The highest BCUT2D eigenvalue weighted by Crippen LogP contribution is 2.29. The van der Waals surface area contributed by atoms with E-state index in [1.54, 1.807) is 25.6 Å². The summed E-state index contributed by atoms with van der Waals surface area (Å²) < 4.78 is 5.09. The van der Waals surface area contributed by atoms with Crippen molar-refractivity contribution < 1.29 is 14.3 Å². The van der Waals surface area contributed by atoms with Crippen molar-refractivity contribution in [2.45, 2.75) is 6.92 Å². The predicted octanol–water partition coefficient (Wildman–Crippen LogP) is 0.351. The molecule has 0 saturated heterocycles. The number of carbonyl (C=O) groups is 2. The Bertz CT molecular complexity index is 839. The first kappa shape index (κ1) is 16.8. The van der Waals surface area contributed by atoms with E-state index in [2.05, 4.69) is 20.3 Å². The maximum absolute atomic E-state index is 11.8. The lowest BCUT2D eigenvalue weighted by atomic mass is 10.1. The highest BCUT2D eigenvalue weighted by Gasteiger charge is 2.25. The van der Waals surface area contributed by atoms with Crippen molar-refractivity contribution >= 4 is 23.5 Å². The SMILES string of the molecule is COCCN1CC(=O)Nc2ncc(-c3cnc(C(N)=O)cc3C)nc21. The fourth-order valence-corrected chi connectivity index (χ4v) is 2.58. The molecule has 2 aromatic heterocycles. The topological polar surface area (TPSA) is 123 Å². The zero-order chi connectivity index (χ0) is 18.0. The Morgan fingerprint density at radius 3 is 2.88 bits per heavy atom. The van der Waals surface area contributed by atoms with Gasteiger partial charge in [0, 0.05) is 25.4 Å². The number of carbonyl (C=O) groups excluding carboxylic acids is 2. The number of methoxy groups -OCH3 is 1. The number of aromatic nitrogens is 3. The summed E-state index contributed by atoms with van der Waals surface area (Å²) in [7, 11) is 1.60. The number of pyridine rings is 1. The molecule has 3 N–H and O–H groups in total. The van der Waals surface area contributed by atoms with Crippen molar-refractivity contribution in [3.8, 4) is 11.3 Å². The quantitative estimate of drug-likeness (QED) is 0.803. The number of amides is 2. The van der Waals surface area contributed by atoms with Gasteiger partial charge in [-0.3, -0.25) is 14.6 Å². The summed E-state index contributed by atoms with van der Waals surface area (Å²) in [5, 5.41) is 2.71. The molecule has 0 radical (unpaired) electrons. The van der Waals surface area contributed by atoms with Gasteiger partial charge in [-0.05, 0) is 18.6 Å². The predicted molar refractivity (Wildman–Crippen MR) is 91.2 cm³/mol. The molecule has 25 heavy (non-hydrogen) atoms. The maximum atomic E-state index is 11.8. The second-order valence-corrected chi connectivity index (χ2v) is 5.64. The van der Waals surface area contributed by atoms with Crippen LogP contribution in [0.15, 0.2) is 18.5 Å². The van der Waals surface area contributed by atoms with Crippen LogP contribution < -0.4 is 16.0 Å². The second kappa shape index (κ2) is 6.81. The summed E-state index contributed by atoms with van der Waals surface area (Å²) in [4.78, 5) is 37.8. The second-order valence-electron chi connectivity index (χ2n) is 5.64. The van der Waals surface area contributed by atoms with Crippen molar-refractivity contribution in [1.82, 2.24) is 15.0 Å². The van der Waals surface area contributed by atoms with E-state index in [1.807, 2.05) is 11.8 Å². The number of nitrogens with one attached hydrogen (secondary N) is 1. The smallest absolute Gasteiger partial charge is 0.267 e. The Labute approximate surface area is 144 Å². The van der Waals surface area contributed by atoms with Gasteiger partial charge < -0.3 is 20.7 Å². The lowest BCUT2D eigenvalue weighted by molar-refractivity contribution is -0.115. The van der Waals surface area contributed by atoms with Crippen molar-refractivity contribution in [1.29, 1.82) is 0 Å². The van der Waals surface area contributed by atoms with Gasteiger partial charge in [0.25, 0.3) is 5.91 Å². The van der Waals surface area contributed by atoms with Gasteiger partial charge in [0.05, 0.1) is 25.0 Å². The molecule has 0 aromatic carbocycles. The fraction of sp³-hybridized carbons (Fsp3) is 0.312. The van der Waals surface area contributed by atoms with Crippen molar-refractivity contribution in [2.24, 2.45) is 5.73 Å². The van der Waals surface area contributed by atoms with E-state index >= 15 is 0 Å². The summed E-state index contributed by atoms with van der Waals surface area (Å²) in [6, 6.07) is 1.61. The molecule has 2 aromatic rings. The molecular formula is C16H18N6O3. The first-order valence-electron chi connectivity index (χ1n) is 7.67. The highest BCUT2D eigenvalue weighted by atomic mass is 16.5. The number of ether oxygens (including phenoxy) is 1. The van der Waals surface area contributed by atoms with Crippen molar-refractivity contribution in [2.75, 3.05) is 37.0 Å². The molecule has 3 rings (SSSR count).